The molecule has 3 nitrogen and oxygen atoms in total. The van der Waals surface area contributed by atoms with Crippen molar-refractivity contribution in [1.82, 2.24) is 4.98 Å². The highest BCUT2D eigenvalue weighted by Crippen LogP contribution is 2.23. The molecule has 0 atom stereocenters. The molecule has 3 rings (SSSR count). The van der Waals surface area contributed by atoms with Crippen LogP contribution in [0.1, 0.15) is 10.4 Å². The monoisotopic (exact) mass is 304 g/mol. The maximum Gasteiger partial charge on any atom is 0.258 e. The van der Waals surface area contributed by atoms with E-state index in [0.29, 0.717) is 9.64 Å². The van der Waals surface area contributed by atoms with Crippen molar-refractivity contribution in [3.63, 3.8) is 0 Å². The van der Waals surface area contributed by atoms with Gasteiger partial charge in [-0.05, 0) is 42.5 Å². The van der Waals surface area contributed by atoms with Crippen molar-refractivity contribution in [2.75, 3.05) is 5.32 Å². The number of fused-ring (bicyclic) bond motifs is 1. The lowest BCUT2D eigenvalue weighted by molar-refractivity contribution is 0.102. The summed E-state index contributed by atoms with van der Waals surface area (Å²) in [6.07, 6.45) is 0. The number of aromatic nitrogens is 1. The van der Waals surface area contributed by atoms with Gasteiger partial charge in [0.15, 0.2) is 3.95 Å². The van der Waals surface area contributed by atoms with E-state index in [1.165, 1.54) is 23.5 Å². The van der Waals surface area contributed by atoms with Crippen molar-refractivity contribution in [3.8, 4) is 0 Å². The summed E-state index contributed by atoms with van der Waals surface area (Å²) in [7, 11) is 0. The molecule has 1 aromatic heterocycles. The van der Waals surface area contributed by atoms with Gasteiger partial charge in [0.05, 0.1) is 15.8 Å². The van der Waals surface area contributed by atoms with Crippen molar-refractivity contribution in [3.05, 3.63) is 57.8 Å². The van der Waals surface area contributed by atoms with E-state index in [9.17, 15) is 9.18 Å². The molecule has 0 radical (unpaired) electrons. The number of anilines is 1. The largest absolute Gasteiger partial charge is 0.337 e. The van der Waals surface area contributed by atoms with Gasteiger partial charge in [0, 0.05) is 5.69 Å². The SMILES string of the molecule is O=C(Nc1ccc2[nH]c(=S)sc2c1)c1ccccc1F. The number of hydrogen-bond donors (Lipinski definition) is 2. The number of carbonyl (C=O) groups excluding carboxylic acids is 1. The highest BCUT2D eigenvalue weighted by atomic mass is 32.1. The van der Waals surface area contributed by atoms with Gasteiger partial charge in [0.25, 0.3) is 5.91 Å². The highest BCUT2D eigenvalue weighted by molar-refractivity contribution is 7.73. The fourth-order valence-corrected chi connectivity index (χ4v) is 3.02. The zero-order valence-electron chi connectivity index (χ0n) is 10.1. The fraction of sp³-hybridized carbons (Fsp3) is 0. The van der Waals surface area contributed by atoms with Gasteiger partial charge >= 0.3 is 0 Å². The predicted octanol–water partition coefficient (Wildman–Crippen LogP) is 4.35. The maximum atomic E-state index is 13.5. The third-order valence-corrected chi connectivity index (χ3v) is 3.99. The zero-order valence-corrected chi connectivity index (χ0v) is 11.8. The Labute approximate surface area is 123 Å². The number of halogens is 1. The van der Waals surface area contributed by atoms with Crippen LogP contribution in [0.2, 0.25) is 0 Å². The summed E-state index contributed by atoms with van der Waals surface area (Å²) >= 11 is 6.49. The average molecular weight is 304 g/mol. The minimum absolute atomic E-state index is 0.0225. The number of hydrogen-bond acceptors (Lipinski definition) is 3. The van der Waals surface area contributed by atoms with Gasteiger partial charge in [-0.15, -0.1) is 11.3 Å². The second-order valence-corrected chi connectivity index (χ2v) is 5.88. The molecule has 0 saturated heterocycles. The van der Waals surface area contributed by atoms with Crippen molar-refractivity contribution in [2.45, 2.75) is 0 Å². The van der Waals surface area contributed by atoms with Crippen LogP contribution >= 0.6 is 23.6 Å². The Kier molecular flexibility index (Phi) is 3.33. The second kappa shape index (κ2) is 5.15. The number of amides is 1. The lowest BCUT2D eigenvalue weighted by Gasteiger charge is -2.05. The number of nitrogens with one attached hydrogen (secondary N) is 2. The minimum atomic E-state index is -0.539. The standard InChI is InChI=1S/C14H9FN2OS2/c15-10-4-2-1-3-9(10)13(18)16-8-5-6-11-12(7-8)20-14(19)17-11/h1-7H,(H,16,18)(H,17,19). The Morgan fingerprint density at radius 2 is 2.05 bits per heavy atom. The summed E-state index contributed by atoms with van der Waals surface area (Å²) in [4.78, 5) is 15.0. The van der Waals surface area contributed by atoms with E-state index in [1.807, 2.05) is 12.1 Å². The number of thiazole rings is 1. The molecular formula is C14H9FN2OS2. The lowest BCUT2D eigenvalue weighted by atomic mass is 10.2. The molecule has 0 unspecified atom stereocenters. The van der Waals surface area contributed by atoms with Crippen LogP contribution in [-0.2, 0) is 0 Å². The highest BCUT2D eigenvalue weighted by Gasteiger charge is 2.11. The topological polar surface area (TPSA) is 44.9 Å². The summed E-state index contributed by atoms with van der Waals surface area (Å²) in [6.45, 7) is 0. The van der Waals surface area contributed by atoms with E-state index in [2.05, 4.69) is 10.3 Å². The predicted molar refractivity (Wildman–Crippen MR) is 81.4 cm³/mol. The third kappa shape index (κ3) is 2.48. The van der Waals surface area contributed by atoms with E-state index in [-0.39, 0.29) is 5.56 Å². The molecule has 0 bridgehead atoms. The van der Waals surface area contributed by atoms with Crippen molar-refractivity contribution in [1.29, 1.82) is 0 Å². The van der Waals surface area contributed by atoms with Gasteiger partial charge in [-0.2, -0.15) is 0 Å². The van der Waals surface area contributed by atoms with Crippen molar-refractivity contribution < 1.29 is 9.18 Å². The number of rotatable bonds is 2. The zero-order chi connectivity index (χ0) is 14.1. The first kappa shape index (κ1) is 13.0. The van der Waals surface area contributed by atoms with Gasteiger partial charge in [-0.1, -0.05) is 12.1 Å². The van der Waals surface area contributed by atoms with Gasteiger partial charge in [0.1, 0.15) is 5.82 Å². The number of H-pyrrole nitrogens is 1. The Balaban J connectivity index is 1.91. The van der Waals surface area contributed by atoms with Gasteiger partial charge < -0.3 is 10.3 Å². The molecular weight excluding hydrogens is 295 g/mol. The molecule has 0 spiro atoms. The Hall–Kier alpha value is -2.05. The fourth-order valence-electron chi connectivity index (χ4n) is 1.87. The summed E-state index contributed by atoms with van der Waals surface area (Å²) < 4.78 is 15.1. The molecule has 6 heteroatoms. The first-order chi connectivity index (χ1) is 9.63. The molecule has 0 saturated carbocycles. The lowest BCUT2D eigenvalue weighted by Crippen LogP contribution is -2.13. The van der Waals surface area contributed by atoms with E-state index >= 15 is 0 Å². The average Bonchev–Trinajstić information content (AvgIpc) is 2.78. The molecule has 2 N–H and O–H groups in total. The van der Waals surface area contributed by atoms with E-state index < -0.39 is 11.7 Å². The number of aromatic amines is 1. The number of carbonyl (C=O) groups is 1. The molecule has 3 aromatic rings. The minimum Gasteiger partial charge on any atom is -0.337 e. The van der Waals surface area contributed by atoms with Crippen LogP contribution in [0.5, 0.6) is 0 Å². The van der Waals surface area contributed by atoms with Crippen LogP contribution in [0.25, 0.3) is 10.2 Å². The molecule has 2 aromatic carbocycles. The first-order valence-electron chi connectivity index (χ1n) is 5.82. The molecule has 1 amide bonds. The van der Waals surface area contributed by atoms with E-state index in [4.69, 9.17) is 12.2 Å². The Morgan fingerprint density at radius 1 is 1.25 bits per heavy atom. The van der Waals surface area contributed by atoms with Gasteiger partial charge in [0.2, 0.25) is 0 Å². The molecule has 0 aliphatic heterocycles. The molecule has 0 fully saturated rings. The van der Waals surface area contributed by atoms with Crippen LogP contribution < -0.4 is 5.32 Å². The number of benzene rings is 2. The Bertz CT molecular complexity index is 854. The summed E-state index contributed by atoms with van der Waals surface area (Å²) in [6, 6.07) is 11.3. The smallest absolute Gasteiger partial charge is 0.258 e. The molecule has 20 heavy (non-hydrogen) atoms. The first-order valence-corrected chi connectivity index (χ1v) is 7.05. The van der Waals surface area contributed by atoms with Crippen LogP contribution in [-0.4, -0.2) is 10.9 Å². The summed E-state index contributed by atoms with van der Waals surface area (Å²) in [5.74, 6) is -1.01. The summed E-state index contributed by atoms with van der Waals surface area (Å²) in [5.41, 5.74) is 1.55. The third-order valence-electron chi connectivity index (χ3n) is 2.80. The van der Waals surface area contributed by atoms with Gasteiger partial charge in [-0.3, -0.25) is 4.79 Å². The maximum absolute atomic E-state index is 13.5. The quantitative estimate of drug-likeness (QED) is 0.691. The summed E-state index contributed by atoms with van der Waals surface area (Å²) in [5, 5.41) is 2.68. The van der Waals surface area contributed by atoms with Gasteiger partial charge in [-0.25, -0.2) is 4.39 Å². The van der Waals surface area contributed by atoms with Crippen LogP contribution in [0.3, 0.4) is 0 Å². The van der Waals surface area contributed by atoms with Crippen LogP contribution in [0.15, 0.2) is 42.5 Å². The molecule has 0 aliphatic rings. The van der Waals surface area contributed by atoms with Crippen LogP contribution in [0.4, 0.5) is 10.1 Å². The normalized spacial score (nSPS) is 10.7. The Morgan fingerprint density at radius 3 is 2.85 bits per heavy atom. The van der Waals surface area contributed by atoms with E-state index in [1.54, 1.807) is 18.2 Å². The second-order valence-electron chi connectivity index (χ2n) is 4.16. The molecule has 0 aliphatic carbocycles. The molecule has 100 valence electrons. The molecule has 1 heterocycles. The van der Waals surface area contributed by atoms with Crippen molar-refractivity contribution >= 4 is 45.4 Å². The van der Waals surface area contributed by atoms with E-state index in [0.717, 1.165) is 10.2 Å². The van der Waals surface area contributed by atoms with Crippen LogP contribution in [0, 0.1) is 9.77 Å². The van der Waals surface area contributed by atoms with Crippen molar-refractivity contribution in [2.24, 2.45) is 0 Å².